The minimum atomic E-state index is -1.02. The van der Waals surface area contributed by atoms with Gasteiger partial charge in [-0.25, -0.2) is 4.79 Å². The molecule has 0 aliphatic heterocycles. The quantitative estimate of drug-likeness (QED) is 0.492. The van der Waals surface area contributed by atoms with Gasteiger partial charge in [0.25, 0.3) is 5.91 Å². The number of carbonyl (C=O) groups excluding carboxylic acids is 3. The average Bonchev–Trinajstić information content (AvgIpc) is 3.05. The molecule has 0 saturated carbocycles. The third-order valence-corrected chi connectivity index (χ3v) is 3.07. The number of ether oxygens (including phenoxy) is 2. The molecule has 0 aliphatic carbocycles. The van der Waals surface area contributed by atoms with Crippen molar-refractivity contribution in [3.63, 3.8) is 0 Å². The van der Waals surface area contributed by atoms with E-state index in [-0.39, 0.29) is 18.9 Å². The summed E-state index contributed by atoms with van der Waals surface area (Å²) in [7, 11) is 1.34. The van der Waals surface area contributed by atoms with Gasteiger partial charge in [-0.3, -0.25) is 9.59 Å². The molecule has 0 bridgehead atoms. The van der Waals surface area contributed by atoms with Crippen molar-refractivity contribution in [1.82, 2.24) is 5.32 Å². The Morgan fingerprint density at radius 1 is 1.38 bits per heavy atom. The second-order valence-corrected chi connectivity index (χ2v) is 5.33. The number of methoxy groups -OCH3 is 1. The minimum Gasteiger partial charge on any atom is -0.466 e. The summed E-state index contributed by atoms with van der Waals surface area (Å²) in [6.07, 6.45) is 0.668. The minimum absolute atomic E-state index is 0.0279. The fraction of sp³-hybridized carbons (Fsp3) is 0.500. The third kappa shape index (κ3) is 5.96. The molecule has 0 spiro atoms. The van der Waals surface area contributed by atoms with Crippen LogP contribution in [-0.4, -0.2) is 43.1 Å². The Morgan fingerprint density at radius 3 is 2.58 bits per heavy atom. The zero-order valence-electron chi connectivity index (χ0n) is 13.9. The van der Waals surface area contributed by atoms with E-state index < -0.39 is 29.8 Å². The van der Waals surface area contributed by atoms with Crippen molar-refractivity contribution in [3.05, 3.63) is 24.2 Å². The fourth-order valence-electron chi connectivity index (χ4n) is 1.96. The Kier molecular flexibility index (Phi) is 7.84. The van der Waals surface area contributed by atoms with Crippen LogP contribution in [0.3, 0.4) is 0 Å². The molecule has 1 rings (SSSR count). The second-order valence-electron chi connectivity index (χ2n) is 5.33. The van der Waals surface area contributed by atoms with Gasteiger partial charge in [0.2, 0.25) is 0 Å². The van der Waals surface area contributed by atoms with Crippen LogP contribution in [0.2, 0.25) is 0 Å². The average molecular weight is 338 g/mol. The van der Waals surface area contributed by atoms with Gasteiger partial charge in [-0.15, -0.1) is 0 Å². The van der Waals surface area contributed by atoms with E-state index in [2.05, 4.69) is 5.32 Å². The summed E-state index contributed by atoms with van der Waals surface area (Å²) in [5, 5.41) is 9.41. The van der Waals surface area contributed by atoms with Crippen molar-refractivity contribution in [3.8, 4) is 0 Å². The number of hydrogen-bond donors (Lipinski definition) is 2. The standard InChI is InChI=1S/C16H22N2O6/c1-10(2)24-16(21)12(7-6-11(19)9-17)18-15(20)14(22-3)13-5-4-8-23-13/h4-5,8-10,12,14,17H,6-7H2,1-3H3,(H,18,20)/t12-,14+/m0/s1. The summed E-state index contributed by atoms with van der Waals surface area (Å²) in [4.78, 5) is 35.7. The smallest absolute Gasteiger partial charge is 0.328 e. The number of hydrogen-bond acceptors (Lipinski definition) is 7. The van der Waals surface area contributed by atoms with Crippen LogP contribution in [-0.2, 0) is 23.9 Å². The van der Waals surface area contributed by atoms with Crippen LogP contribution in [0.5, 0.6) is 0 Å². The first-order valence-electron chi connectivity index (χ1n) is 7.49. The molecule has 1 aromatic rings. The molecule has 2 atom stereocenters. The molecule has 8 nitrogen and oxygen atoms in total. The summed E-state index contributed by atoms with van der Waals surface area (Å²) in [6, 6.07) is 2.17. The topological polar surface area (TPSA) is 119 Å². The van der Waals surface area contributed by atoms with Crippen LogP contribution in [0, 0.1) is 5.41 Å². The van der Waals surface area contributed by atoms with Crippen LogP contribution >= 0.6 is 0 Å². The third-order valence-electron chi connectivity index (χ3n) is 3.07. The maximum atomic E-state index is 12.4. The highest BCUT2D eigenvalue weighted by atomic mass is 16.5. The molecule has 0 aromatic carbocycles. The molecule has 0 fully saturated rings. The zero-order chi connectivity index (χ0) is 18.1. The van der Waals surface area contributed by atoms with Gasteiger partial charge < -0.3 is 24.6 Å². The Morgan fingerprint density at radius 2 is 2.08 bits per heavy atom. The first-order valence-corrected chi connectivity index (χ1v) is 7.49. The number of Topliss-reactive ketones (excluding diaryl/α,β-unsaturated/α-hetero) is 1. The number of carbonyl (C=O) groups is 3. The van der Waals surface area contributed by atoms with Crippen molar-refractivity contribution < 1.29 is 28.3 Å². The summed E-state index contributed by atoms with van der Waals surface area (Å²) in [5.41, 5.74) is 0. The summed E-state index contributed by atoms with van der Waals surface area (Å²) in [5.74, 6) is -1.38. The number of ketones is 1. The summed E-state index contributed by atoms with van der Waals surface area (Å²) >= 11 is 0. The summed E-state index contributed by atoms with van der Waals surface area (Å²) < 4.78 is 15.3. The highest BCUT2D eigenvalue weighted by molar-refractivity contribution is 6.26. The number of rotatable bonds is 10. The molecule has 0 saturated heterocycles. The van der Waals surface area contributed by atoms with Crippen LogP contribution < -0.4 is 5.32 Å². The van der Waals surface area contributed by atoms with E-state index in [0.717, 1.165) is 0 Å². The van der Waals surface area contributed by atoms with Crippen LogP contribution in [0.1, 0.15) is 38.6 Å². The predicted molar refractivity (Wildman–Crippen MR) is 84.6 cm³/mol. The van der Waals surface area contributed by atoms with Crippen LogP contribution in [0.15, 0.2) is 22.8 Å². The van der Waals surface area contributed by atoms with Gasteiger partial charge in [0.15, 0.2) is 11.9 Å². The lowest BCUT2D eigenvalue weighted by atomic mass is 10.1. The lowest BCUT2D eigenvalue weighted by Crippen LogP contribution is -2.45. The molecule has 0 aliphatic rings. The molecule has 8 heteroatoms. The van der Waals surface area contributed by atoms with E-state index in [1.807, 2.05) is 0 Å². The largest absolute Gasteiger partial charge is 0.466 e. The molecular formula is C16H22N2O6. The monoisotopic (exact) mass is 338 g/mol. The Balaban J connectivity index is 2.81. The van der Waals surface area contributed by atoms with Crippen LogP contribution in [0.4, 0.5) is 0 Å². The molecule has 0 unspecified atom stereocenters. The number of amides is 1. The predicted octanol–water partition coefficient (Wildman–Crippen LogP) is 1.40. The number of furan rings is 1. The highest BCUT2D eigenvalue weighted by Crippen LogP contribution is 2.18. The molecule has 24 heavy (non-hydrogen) atoms. The van der Waals surface area contributed by atoms with Gasteiger partial charge in [0.05, 0.1) is 18.6 Å². The second kappa shape index (κ2) is 9.61. The molecule has 1 heterocycles. The Labute approximate surface area is 140 Å². The van der Waals surface area contributed by atoms with Gasteiger partial charge in [0.1, 0.15) is 11.8 Å². The molecular weight excluding hydrogens is 316 g/mol. The Bertz CT molecular complexity index is 567. The SMILES string of the molecule is CO[C@@H](C(=O)N[C@@H](CCC(=O)C=N)C(=O)OC(C)C)c1ccco1. The van der Waals surface area contributed by atoms with Crippen molar-refractivity contribution in [1.29, 1.82) is 5.41 Å². The van der Waals surface area contributed by atoms with Gasteiger partial charge >= 0.3 is 5.97 Å². The number of nitrogens with one attached hydrogen (secondary N) is 2. The van der Waals surface area contributed by atoms with E-state index in [9.17, 15) is 14.4 Å². The lowest BCUT2D eigenvalue weighted by molar-refractivity contribution is -0.153. The highest BCUT2D eigenvalue weighted by Gasteiger charge is 2.29. The first kappa shape index (κ1) is 19.6. The molecule has 1 amide bonds. The van der Waals surface area contributed by atoms with E-state index in [4.69, 9.17) is 19.3 Å². The van der Waals surface area contributed by atoms with Gasteiger partial charge in [-0.1, -0.05) is 0 Å². The van der Waals surface area contributed by atoms with E-state index >= 15 is 0 Å². The zero-order valence-corrected chi connectivity index (χ0v) is 13.9. The van der Waals surface area contributed by atoms with E-state index in [1.54, 1.807) is 26.0 Å². The van der Waals surface area contributed by atoms with Crippen LogP contribution in [0.25, 0.3) is 0 Å². The fourth-order valence-corrected chi connectivity index (χ4v) is 1.96. The first-order chi connectivity index (χ1) is 11.4. The molecule has 132 valence electrons. The van der Waals surface area contributed by atoms with Crippen molar-refractivity contribution in [2.45, 2.75) is 44.9 Å². The molecule has 2 N–H and O–H groups in total. The molecule has 0 radical (unpaired) electrons. The maximum Gasteiger partial charge on any atom is 0.328 e. The summed E-state index contributed by atoms with van der Waals surface area (Å²) in [6.45, 7) is 3.36. The normalized spacial score (nSPS) is 13.2. The Hall–Kier alpha value is -2.48. The van der Waals surface area contributed by atoms with Gasteiger partial charge in [0, 0.05) is 13.5 Å². The van der Waals surface area contributed by atoms with Crippen molar-refractivity contribution >= 4 is 23.9 Å². The maximum absolute atomic E-state index is 12.4. The van der Waals surface area contributed by atoms with Crippen molar-refractivity contribution in [2.24, 2.45) is 0 Å². The molecule has 1 aromatic heterocycles. The van der Waals surface area contributed by atoms with Gasteiger partial charge in [-0.2, -0.15) is 0 Å². The van der Waals surface area contributed by atoms with E-state index in [0.29, 0.717) is 12.0 Å². The lowest BCUT2D eigenvalue weighted by Gasteiger charge is -2.21. The van der Waals surface area contributed by atoms with E-state index in [1.165, 1.54) is 13.4 Å². The number of esters is 1. The van der Waals surface area contributed by atoms with Gasteiger partial charge in [-0.05, 0) is 32.4 Å². The van der Waals surface area contributed by atoms with Crippen molar-refractivity contribution in [2.75, 3.05) is 7.11 Å².